The maximum atomic E-state index is 11.9. The summed E-state index contributed by atoms with van der Waals surface area (Å²) in [5, 5.41) is 14.5. The number of nitrogens with one attached hydrogen (secondary N) is 2. The molecule has 0 aromatic heterocycles. The van der Waals surface area contributed by atoms with Crippen molar-refractivity contribution in [3.63, 3.8) is 0 Å². The van der Waals surface area contributed by atoms with Gasteiger partial charge >= 0.3 is 12.2 Å². The minimum Gasteiger partial charge on any atom is -0.444 e. The predicted octanol–water partition coefficient (Wildman–Crippen LogP) is 4.34. The Bertz CT molecular complexity index is 757. The molecule has 0 bridgehead atoms. The Hall–Kier alpha value is -2.79. The number of benzene rings is 1. The minimum atomic E-state index is -0.625. The van der Waals surface area contributed by atoms with Crippen LogP contribution in [0.1, 0.15) is 59.6 Å². The van der Waals surface area contributed by atoms with Crippen LogP contribution in [0.25, 0.3) is 0 Å². The van der Waals surface area contributed by atoms with Gasteiger partial charge in [0.15, 0.2) is 0 Å². The molecule has 1 atom stereocenters. The predicted molar refractivity (Wildman–Crippen MR) is 110 cm³/mol. The first-order chi connectivity index (χ1) is 13.3. The summed E-state index contributed by atoms with van der Waals surface area (Å²) in [6.07, 6.45) is -1.11. The van der Waals surface area contributed by atoms with Crippen molar-refractivity contribution in [2.45, 2.75) is 72.3 Å². The van der Waals surface area contributed by atoms with Gasteiger partial charge in [-0.3, -0.25) is 5.32 Å². The monoisotopic (exact) mass is 405 g/mol. The van der Waals surface area contributed by atoms with E-state index in [4.69, 9.17) is 14.2 Å². The van der Waals surface area contributed by atoms with Gasteiger partial charge in [-0.05, 0) is 72.2 Å². The Labute approximate surface area is 172 Å². The zero-order valence-electron chi connectivity index (χ0n) is 18.2. The summed E-state index contributed by atoms with van der Waals surface area (Å²) in [5.74, 6) is 0. The van der Waals surface area contributed by atoms with Crippen LogP contribution in [-0.4, -0.2) is 36.0 Å². The molecule has 0 saturated heterocycles. The Morgan fingerprint density at radius 1 is 1.03 bits per heavy atom. The molecular weight excluding hydrogens is 374 g/mol. The van der Waals surface area contributed by atoms with E-state index in [0.29, 0.717) is 16.8 Å². The van der Waals surface area contributed by atoms with Crippen LogP contribution in [0, 0.1) is 11.3 Å². The second-order valence-corrected chi connectivity index (χ2v) is 8.72. The Morgan fingerprint density at radius 2 is 1.62 bits per heavy atom. The van der Waals surface area contributed by atoms with E-state index in [0.717, 1.165) is 0 Å². The van der Waals surface area contributed by atoms with Crippen molar-refractivity contribution in [1.29, 1.82) is 5.26 Å². The van der Waals surface area contributed by atoms with Crippen LogP contribution >= 0.6 is 0 Å². The lowest BCUT2D eigenvalue weighted by molar-refractivity contribution is 0.0442. The van der Waals surface area contributed by atoms with Crippen LogP contribution in [-0.2, 0) is 20.8 Å². The average Bonchev–Trinajstić information content (AvgIpc) is 2.50. The van der Waals surface area contributed by atoms with Crippen LogP contribution in [0.15, 0.2) is 18.2 Å². The molecule has 0 fully saturated rings. The normalized spacial score (nSPS) is 12.5. The molecule has 8 heteroatoms. The highest BCUT2D eigenvalue weighted by Crippen LogP contribution is 2.17. The first-order valence-corrected chi connectivity index (χ1v) is 9.39. The van der Waals surface area contributed by atoms with Crippen molar-refractivity contribution in [1.82, 2.24) is 5.32 Å². The van der Waals surface area contributed by atoms with Crippen LogP contribution in [0.3, 0.4) is 0 Å². The van der Waals surface area contributed by atoms with E-state index in [9.17, 15) is 14.9 Å². The van der Waals surface area contributed by atoms with E-state index in [1.165, 1.54) is 0 Å². The molecule has 160 valence electrons. The molecular formula is C21H31N3O5. The first-order valence-electron chi connectivity index (χ1n) is 9.39. The summed E-state index contributed by atoms with van der Waals surface area (Å²) >= 11 is 0. The largest absolute Gasteiger partial charge is 0.444 e. The number of nitriles is 1. The fraction of sp³-hybridized carbons (Fsp3) is 0.571. The first kappa shape index (κ1) is 24.2. The molecule has 0 unspecified atom stereocenters. The third-order valence-corrected chi connectivity index (χ3v) is 3.17. The van der Waals surface area contributed by atoms with Crippen LogP contribution < -0.4 is 10.6 Å². The quantitative estimate of drug-likeness (QED) is 0.729. The van der Waals surface area contributed by atoms with Gasteiger partial charge in [0.25, 0.3) is 0 Å². The Balaban J connectivity index is 2.62. The van der Waals surface area contributed by atoms with Gasteiger partial charge < -0.3 is 19.5 Å². The molecule has 1 rings (SSSR count). The summed E-state index contributed by atoms with van der Waals surface area (Å²) in [4.78, 5) is 23.7. The molecule has 1 aromatic carbocycles. The number of carbonyl (C=O) groups is 2. The van der Waals surface area contributed by atoms with Crippen molar-refractivity contribution < 1.29 is 23.8 Å². The van der Waals surface area contributed by atoms with Gasteiger partial charge in [-0.2, -0.15) is 5.26 Å². The third kappa shape index (κ3) is 11.0. The van der Waals surface area contributed by atoms with Gasteiger partial charge in [-0.1, -0.05) is 0 Å². The molecule has 0 aliphatic rings. The number of rotatable bonds is 6. The highest BCUT2D eigenvalue weighted by atomic mass is 16.6. The average molecular weight is 405 g/mol. The zero-order valence-corrected chi connectivity index (χ0v) is 18.2. The van der Waals surface area contributed by atoms with Gasteiger partial charge in [0.2, 0.25) is 0 Å². The lowest BCUT2D eigenvalue weighted by atomic mass is 10.1. The standard InChI is InChI=1S/C21H31N3O5/c1-14(23-18(25)28-20(2,3)4)12-27-13-16-8-15(11-22)9-17(10-16)24-19(26)29-21(5,6)7/h8-10,14H,12-13H2,1-7H3,(H,23,25)(H,24,26)/t14-/m1/s1. The zero-order chi connectivity index (χ0) is 22.2. The maximum absolute atomic E-state index is 11.9. The summed E-state index contributed by atoms with van der Waals surface area (Å²) in [6.45, 7) is 12.9. The molecule has 2 N–H and O–H groups in total. The second kappa shape index (κ2) is 10.1. The molecule has 8 nitrogen and oxygen atoms in total. The van der Waals surface area contributed by atoms with Crippen LogP contribution in [0.5, 0.6) is 0 Å². The molecule has 0 aliphatic heterocycles. The molecule has 0 aliphatic carbocycles. The molecule has 29 heavy (non-hydrogen) atoms. The summed E-state index contributed by atoms with van der Waals surface area (Å²) < 4.78 is 16.0. The smallest absolute Gasteiger partial charge is 0.412 e. The van der Waals surface area contributed by atoms with Gasteiger partial charge in [0.1, 0.15) is 11.2 Å². The molecule has 0 saturated carbocycles. The lowest BCUT2D eigenvalue weighted by Crippen LogP contribution is -2.39. The summed E-state index contributed by atoms with van der Waals surface area (Å²) in [5.41, 5.74) is 0.341. The molecule has 0 radical (unpaired) electrons. The third-order valence-electron chi connectivity index (χ3n) is 3.17. The van der Waals surface area contributed by atoms with E-state index in [2.05, 4.69) is 16.7 Å². The number of alkyl carbamates (subject to hydrolysis) is 1. The molecule has 0 heterocycles. The second-order valence-electron chi connectivity index (χ2n) is 8.72. The molecule has 1 aromatic rings. The lowest BCUT2D eigenvalue weighted by Gasteiger charge is -2.22. The Morgan fingerprint density at radius 3 is 2.17 bits per heavy atom. The number of amides is 2. The molecule has 2 amide bonds. The van der Waals surface area contributed by atoms with Crippen molar-refractivity contribution in [3.05, 3.63) is 29.3 Å². The van der Waals surface area contributed by atoms with Crippen LogP contribution in [0.2, 0.25) is 0 Å². The van der Waals surface area contributed by atoms with E-state index >= 15 is 0 Å². The number of anilines is 1. The highest BCUT2D eigenvalue weighted by Gasteiger charge is 2.18. The minimum absolute atomic E-state index is 0.207. The van der Waals surface area contributed by atoms with Crippen molar-refractivity contribution in [3.8, 4) is 6.07 Å². The van der Waals surface area contributed by atoms with Crippen LogP contribution in [0.4, 0.5) is 15.3 Å². The summed E-state index contributed by atoms with van der Waals surface area (Å²) in [6, 6.07) is 6.73. The maximum Gasteiger partial charge on any atom is 0.412 e. The fourth-order valence-corrected chi connectivity index (χ4v) is 2.24. The van der Waals surface area contributed by atoms with E-state index in [-0.39, 0.29) is 19.3 Å². The van der Waals surface area contributed by atoms with E-state index in [1.54, 1.807) is 66.7 Å². The van der Waals surface area contributed by atoms with Crippen molar-refractivity contribution in [2.75, 3.05) is 11.9 Å². The number of carbonyl (C=O) groups excluding carboxylic acids is 2. The number of hydrogen-bond donors (Lipinski definition) is 2. The summed E-state index contributed by atoms with van der Waals surface area (Å²) in [7, 11) is 0. The van der Waals surface area contributed by atoms with E-state index < -0.39 is 23.4 Å². The van der Waals surface area contributed by atoms with Gasteiger partial charge in [-0.15, -0.1) is 0 Å². The van der Waals surface area contributed by atoms with Gasteiger partial charge in [0.05, 0.1) is 30.9 Å². The fourth-order valence-electron chi connectivity index (χ4n) is 2.24. The number of hydrogen-bond acceptors (Lipinski definition) is 6. The van der Waals surface area contributed by atoms with Crippen molar-refractivity contribution >= 4 is 17.9 Å². The topological polar surface area (TPSA) is 110 Å². The number of ether oxygens (including phenoxy) is 3. The van der Waals surface area contributed by atoms with E-state index in [1.807, 2.05) is 0 Å². The van der Waals surface area contributed by atoms with Crippen molar-refractivity contribution in [2.24, 2.45) is 0 Å². The SMILES string of the molecule is C[C@H](COCc1cc(C#N)cc(NC(=O)OC(C)(C)C)c1)NC(=O)OC(C)(C)C. The number of nitrogens with zero attached hydrogens (tertiary/aromatic N) is 1. The highest BCUT2D eigenvalue weighted by molar-refractivity contribution is 5.85. The van der Waals surface area contributed by atoms with Gasteiger partial charge in [0, 0.05) is 5.69 Å². The molecule has 0 spiro atoms. The Kier molecular flexibility index (Phi) is 8.46. The van der Waals surface area contributed by atoms with Gasteiger partial charge in [-0.25, -0.2) is 9.59 Å².